The number of aromatic amines is 1. The summed E-state index contributed by atoms with van der Waals surface area (Å²) in [5, 5.41) is 1.85. The van der Waals surface area contributed by atoms with E-state index in [1.807, 2.05) is 55.5 Å². The number of pyridine rings is 1. The van der Waals surface area contributed by atoms with Crippen molar-refractivity contribution in [1.29, 1.82) is 0 Å². The quantitative estimate of drug-likeness (QED) is 0.526. The molecule has 0 amide bonds. The molecule has 4 aromatic rings. The van der Waals surface area contributed by atoms with Crippen molar-refractivity contribution in [3.8, 4) is 5.75 Å². The van der Waals surface area contributed by atoms with Gasteiger partial charge in [-0.25, -0.2) is 4.79 Å². The van der Waals surface area contributed by atoms with Crippen LogP contribution < -0.4 is 10.3 Å². The Labute approximate surface area is 167 Å². The number of esters is 1. The maximum Gasteiger partial charge on any atom is 0.345 e. The van der Waals surface area contributed by atoms with E-state index in [-0.39, 0.29) is 11.1 Å². The minimum atomic E-state index is -0.634. The van der Waals surface area contributed by atoms with Gasteiger partial charge in [0.15, 0.2) is 0 Å². The number of hydrogen-bond donors (Lipinski definition) is 1. The molecule has 29 heavy (non-hydrogen) atoms. The second-order valence-electron chi connectivity index (χ2n) is 6.93. The number of aromatic nitrogens is 2. The lowest BCUT2D eigenvalue weighted by Gasteiger charge is -2.14. The molecular weight excluding hydrogens is 368 g/mol. The van der Waals surface area contributed by atoms with Gasteiger partial charge in [0.1, 0.15) is 11.3 Å². The zero-order chi connectivity index (χ0) is 20.5. The fourth-order valence-electron chi connectivity index (χ4n) is 3.83. The molecular formula is C23H22N2O4. The van der Waals surface area contributed by atoms with Crippen molar-refractivity contribution < 1.29 is 14.3 Å². The van der Waals surface area contributed by atoms with Gasteiger partial charge in [-0.2, -0.15) is 0 Å². The third-order valence-electron chi connectivity index (χ3n) is 5.35. The molecule has 4 rings (SSSR count). The molecule has 1 N–H and O–H groups in total. The Balaban J connectivity index is 1.87. The van der Waals surface area contributed by atoms with Gasteiger partial charge in [0.25, 0.3) is 5.56 Å². The number of H-pyrrole nitrogens is 1. The zero-order valence-electron chi connectivity index (χ0n) is 16.6. The van der Waals surface area contributed by atoms with Crippen molar-refractivity contribution in [2.24, 2.45) is 0 Å². The third-order valence-corrected chi connectivity index (χ3v) is 5.35. The van der Waals surface area contributed by atoms with Crippen LogP contribution in [0, 0.1) is 6.92 Å². The SMILES string of the molecule is COC(=O)c1c(=O)n(CCc2ccc(OC)cc2)c(C)c2c1[nH]c1ccccc12. The van der Waals surface area contributed by atoms with E-state index in [4.69, 9.17) is 9.47 Å². The summed E-state index contributed by atoms with van der Waals surface area (Å²) in [6, 6.07) is 15.5. The largest absolute Gasteiger partial charge is 0.497 e. The first-order valence-corrected chi connectivity index (χ1v) is 9.40. The van der Waals surface area contributed by atoms with E-state index >= 15 is 0 Å². The fraction of sp³-hybridized carbons (Fsp3) is 0.217. The number of carbonyl (C=O) groups is 1. The molecule has 148 valence electrons. The van der Waals surface area contributed by atoms with E-state index in [1.54, 1.807) is 11.7 Å². The molecule has 0 aliphatic heterocycles. The fourth-order valence-corrected chi connectivity index (χ4v) is 3.83. The summed E-state index contributed by atoms with van der Waals surface area (Å²) in [7, 11) is 2.92. The highest BCUT2D eigenvalue weighted by molar-refractivity contribution is 6.14. The number of rotatable bonds is 5. The Morgan fingerprint density at radius 3 is 2.48 bits per heavy atom. The van der Waals surface area contributed by atoms with Crippen LogP contribution in [0.25, 0.3) is 21.8 Å². The van der Waals surface area contributed by atoms with E-state index in [2.05, 4.69) is 4.98 Å². The van der Waals surface area contributed by atoms with Gasteiger partial charge in [0, 0.05) is 28.5 Å². The van der Waals surface area contributed by atoms with Crippen molar-refractivity contribution in [1.82, 2.24) is 9.55 Å². The zero-order valence-corrected chi connectivity index (χ0v) is 16.6. The van der Waals surface area contributed by atoms with Crippen LogP contribution in [0.3, 0.4) is 0 Å². The lowest BCUT2D eigenvalue weighted by Crippen LogP contribution is -2.30. The highest BCUT2D eigenvalue weighted by Crippen LogP contribution is 2.29. The molecule has 0 bridgehead atoms. The average molecular weight is 390 g/mol. The van der Waals surface area contributed by atoms with Gasteiger partial charge < -0.3 is 19.0 Å². The van der Waals surface area contributed by atoms with Crippen molar-refractivity contribution in [2.75, 3.05) is 14.2 Å². The van der Waals surface area contributed by atoms with Crippen LogP contribution in [0.1, 0.15) is 21.6 Å². The van der Waals surface area contributed by atoms with Crippen LogP contribution in [0.4, 0.5) is 0 Å². The molecule has 0 radical (unpaired) electrons. The molecule has 2 aromatic heterocycles. The number of aryl methyl sites for hydroxylation is 2. The van der Waals surface area contributed by atoms with E-state index in [0.717, 1.165) is 33.3 Å². The normalized spacial score (nSPS) is 11.1. The van der Waals surface area contributed by atoms with Crippen molar-refractivity contribution in [3.63, 3.8) is 0 Å². The van der Waals surface area contributed by atoms with E-state index < -0.39 is 5.97 Å². The number of nitrogens with one attached hydrogen (secondary N) is 1. The Kier molecular flexibility index (Phi) is 4.84. The van der Waals surface area contributed by atoms with Crippen LogP contribution in [-0.2, 0) is 17.7 Å². The van der Waals surface area contributed by atoms with Crippen molar-refractivity contribution in [2.45, 2.75) is 19.9 Å². The molecule has 0 fully saturated rings. The molecule has 0 unspecified atom stereocenters. The molecule has 0 spiro atoms. The highest BCUT2D eigenvalue weighted by Gasteiger charge is 2.23. The van der Waals surface area contributed by atoms with Gasteiger partial charge in [-0.05, 0) is 37.1 Å². The predicted octanol–water partition coefficient (Wildman–Crippen LogP) is 3.83. The van der Waals surface area contributed by atoms with Gasteiger partial charge in [-0.1, -0.05) is 30.3 Å². The number of nitrogens with zero attached hydrogens (tertiary/aromatic N) is 1. The maximum atomic E-state index is 13.2. The molecule has 6 heteroatoms. The predicted molar refractivity (Wildman–Crippen MR) is 113 cm³/mol. The summed E-state index contributed by atoms with van der Waals surface area (Å²) in [5.41, 5.74) is 3.00. The molecule has 6 nitrogen and oxygen atoms in total. The monoisotopic (exact) mass is 390 g/mol. The van der Waals surface area contributed by atoms with Gasteiger partial charge in [0.2, 0.25) is 0 Å². The topological polar surface area (TPSA) is 73.3 Å². The smallest absolute Gasteiger partial charge is 0.345 e. The van der Waals surface area contributed by atoms with Crippen LogP contribution in [0.15, 0.2) is 53.3 Å². The van der Waals surface area contributed by atoms with Crippen LogP contribution in [-0.4, -0.2) is 29.7 Å². The molecule has 0 aliphatic rings. The highest BCUT2D eigenvalue weighted by atomic mass is 16.5. The summed E-state index contributed by atoms with van der Waals surface area (Å²) < 4.78 is 11.8. The van der Waals surface area contributed by atoms with Gasteiger partial charge in [0.05, 0.1) is 19.7 Å². The molecule has 0 atom stereocenters. The minimum absolute atomic E-state index is 0.0408. The van der Waals surface area contributed by atoms with Crippen LogP contribution in [0.5, 0.6) is 5.75 Å². The first kappa shape index (κ1) is 18.8. The van der Waals surface area contributed by atoms with Gasteiger partial charge in [-0.15, -0.1) is 0 Å². The maximum absolute atomic E-state index is 13.2. The summed E-state index contributed by atoms with van der Waals surface area (Å²) in [5.74, 6) is 0.153. The number of para-hydroxylation sites is 1. The van der Waals surface area contributed by atoms with Gasteiger partial charge >= 0.3 is 5.97 Å². The molecule has 0 saturated heterocycles. The number of hydrogen-bond acceptors (Lipinski definition) is 4. The van der Waals surface area contributed by atoms with Gasteiger partial charge in [-0.3, -0.25) is 4.79 Å². The number of benzene rings is 2. The van der Waals surface area contributed by atoms with E-state index in [0.29, 0.717) is 18.5 Å². The standard InChI is InChI=1S/C23H22N2O4/c1-14-19-17-6-4-5-7-18(17)24-21(19)20(23(27)29-3)22(26)25(14)13-12-15-8-10-16(28-2)11-9-15/h4-11,24H,12-13H2,1-3H3. The summed E-state index contributed by atoms with van der Waals surface area (Å²) >= 11 is 0. The number of carbonyl (C=O) groups excluding carboxylic acids is 1. The summed E-state index contributed by atoms with van der Waals surface area (Å²) in [4.78, 5) is 28.9. The Bertz CT molecular complexity index is 1270. The lowest BCUT2D eigenvalue weighted by atomic mass is 10.1. The van der Waals surface area contributed by atoms with Crippen LogP contribution >= 0.6 is 0 Å². The van der Waals surface area contributed by atoms with Crippen LogP contribution in [0.2, 0.25) is 0 Å². The molecule has 0 saturated carbocycles. The van der Waals surface area contributed by atoms with Crippen molar-refractivity contribution in [3.05, 3.63) is 75.7 Å². The van der Waals surface area contributed by atoms with E-state index in [9.17, 15) is 9.59 Å². The minimum Gasteiger partial charge on any atom is -0.497 e. The second-order valence-corrected chi connectivity index (χ2v) is 6.93. The van der Waals surface area contributed by atoms with Crippen molar-refractivity contribution >= 4 is 27.8 Å². The Hall–Kier alpha value is -3.54. The first-order chi connectivity index (χ1) is 14.0. The lowest BCUT2D eigenvalue weighted by molar-refractivity contribution is 0.0600. The summed E-state index contributed by atoms with van der Waals surface area (Å²) in [6.07, 6.45) is 0.652. The number of ether oxygens (including phenoxy) is 2. The molecule has 2 heterocycles. The third kappa shape index (κ3) is 3.16. The van der Waals surface area contributed by atoms with E-state index in [1.165, 1.54) is 7.11 Å². The second kappa shape index (κ2) is 7.47. The Morgan fingerprint density at radius 2 is 1.79 bits per heavy atom. The number of methoxy groups -OCH3 is 2. The average Bonchev–Trinajstić information content (AvgIpc) is 3.13. The molecule has 2 aromatic carbocycles. The summed E-state index contributed by atoms with van der Waals surface area (Å²) in [6.45, 7) is 2.37. The Morgan fingerprint density at radius 1 is 1.07 bits per heavy atom. The first-order valence-electron chi connectivity index (χ1n) is 9.40. The molecule has 0 aliphatic carbocycles. The number of fused-ring (bicyclic) bond motifs is 3.